The van der Waals surface area contributed by atoms with Crippen LogP contribution in [0.1, 0.15) is 31.2 Å². The summed E-state index contributed by atoms with van der Waals surface area (Å²) < 4.78 is 0. The monoisotopic (exact) mass is 394 g/mol. The first kappa shape index (κ1) is 19.8. The maximum absolute atomic E-state index is 12.5. The third-order valence-corrected chi connectivity index (χ3v) is 5.12. The van der Waals surface area contributed by atoms with Crippen LogP contribution in [-0.4, -0.2) is 25.9 Å². The molecule has 3 aromatic rings. The number of amides is 2. The fourth-order valence-electron chi connectivity index (χ4n) is 2.87. The normalized spacial score (nSPS) is 10.7. The van der Waals surface area contributed by atoms with Gasteiger partial charge in [0.25, 0.3) is 11.8 Å². The van der Waals surface area contributed by atoms with Crippen molar-refractivity contribution >= 4 is 28.8 Å². The van der Waals surface area contributed by atoms with Crippen LogP contribution in [0.25, 0.3) is 0 Å². The Balaban J connectivity index is 1.59. The molecule has 3 rings (SSSR count). The lowest BCUT2D eigenvalue weighted by Crippen LogP contribution is -3.04. The maximum Gasteiger partial charge on any atom is 0.265 e. The first-order valence-corrected chi connectivity index (χ1v) is 10.00. The van der Waals surface area contributed by atoms with E-state index in [0.717, 1.165) is 12.1 Å². The molecule has 5 nitrogen and oxygen atoms in total. The minimum atomic E-state index is -0.146. The molecule has 0 saturated carbocycles. The number of hydrogen-bond donors (Lipinski definition) is 3. The van der Waals surface area contributed by atoms with Crippen molar-refractivity contribution in [2.45, 2.75) is 13.1 Å². The Hall–Kier alpha value is -2.96. The summed E-state index contributed by atoms with van der Waals surface area (Å²) in [6.07, 6.45) is 0. The van der Waals surface area contributed by atoms with Gasteiger partial charge in [0.15, 0.2) is 0 Å². The molecule has 28 heavy (non-hydrogen) atoms. The van der Waals surface area contributed by atoms with Crippen LogP contribution in [-0.2, 0) is 13.1 Å². The first-order chi connectivity index (χ1) is 13.5. The second-order valence-corrected chi connectivity index (χ2v) is 7.79. The molecule has 1 aromatic heterocycles. The van der Waals surface area contributed by atoms with Crippen molar-refractivity contribution in [2.75, 3.05) is 19.4 Å². The number of rotatable bonds is 7. The molecule has 0 bridgehead atoms. The molecule has 0 radical (unpaired) electrons. The van der Waals surface area contributed by atoms with Gasteiger partial charge in [0, 0.05) is 23.4 Å². The summed E-state index contributed by atoms with van der Waals surface area (Å²) >= 11 is 1.39. The van der Waals surface area contributed by atoms with E-state index < -0.39 is 0 Å². The largest absolute Gasteiger partial charge is 0.348 e. The van der Waals surface area contributed by atoms with Crippen LogP contribution in [0.4, 0.5) is 5.69 Å². The summed E-state index contributed by atoms with van der Waals surface area (Å²) in [6.45, 7) is 1.39. The topological polar surface area (TPSA) is 62.6 Å². The third-order valence-electron chi connectivity index (χ3n) is 4.25. The van der Waals surface area contributed by atoms with Crippen molar-refractivity contribution in [2.24, 2.45) is 0 Å². The van der Waals surface area contributed by atoms with Gasteiger partial charge in [0.2, 0.25) is 0 Å². The zero-order valence-corrected chi connectivity index (χ0v) is 16.8. The number of thiophene rings is 1. The van der Waals surface area contributed by atoms with E-state index in [0.29, 0.717) is 22.7 Å². The van der Waals surface area contributed by atoms with Crippen LogP contribution in [0.15, 0.2) is 66.0 Å². The van der Waals surface area contributed by atoms with Crippen LogP contribution < -0.4 is 15.5 Å². The highest BCUT2D eigenvalue weighted by molar-refractivity contribution is 7.12. The average Bonchev–Trinajstić information content (AvgIpc) is 3.22. The van der Waals surface area contributed by atoms with Gasteiger partial charge in [0.05, 0.1) is 19.0 Å². The molecule has 2 aromatic carbocycles. The van der Waals surface area contributed by atoms with E-state index in [-0.39, 0.29) is 11.8 Å². The molecule has 0 aliphatic rings. The Morgan fingerprint density at radius 3 is 2.25 bits per heavy atom. The molecule has 1 heterocycles. The highest BCUT2D eigenvalue weighted by Crippen LogP contribution is 2.14. The third kappa shape index (κ3) is 5.28. The highest BCUT2D eigenvalue weighted by atomic mass is 32.1. The molecule has 0 atom stereocenters. The molecule has 3 N–H and O–H groups in total. The lowest BCUT2D eigenvalue weighted by molar-refractivity contribution is -0.872. The van der Waals surface area contributed by atoms with Crippen LogP contribution >= 0.6 is 11.3 Å². The molecule has 6 heteroatoms. The highest BCUT2D eigenvalue weighted by Gasteiger charge is 2.10. The van der Waals surface area contributed by atoms with Gasteiger partial charge in [0.1, 0.15) is 6.54 Å². The standard InChI is InChI=1S/C22H23N3O2S/c1-25(2)15-18-7-4-3-6-17(18)14-23-21(26)16-9-11-19(12-10-16)24-22(27)20-8-5-13-28-20/h3-13H,14-15H2,1-2H3,(H,23,26)(H,24,27)/p+1. The molecule has 0 aliphatic carbocycles. The lowest BCUT2D eigenvalue weighted by Gasteiger charge is -2.13. The average molecular weight is 395 g/mol. The number of carbonyl (C=O) groups excluding carboxylic acids is 2. The van der Waals surface area contributed by atoms with Gasteiger partial charge in [-0.2, -0.15) is 0 Å². The Morgan fingerprint density at radius 2 is 1.61 bits per heavy atom. The zero-order chi connectivity index (χ0) is 19.9. The minimum Gasteiger partial charge on any atom is -0.348 e. The second-order valence-electron chi connectivity index (χ2n) is 6.84. The number of anilines is 1. The summed E-state index contributed by atoms with van der Waals surface area (Å²) in [4.78, 5) is 26.5. The van der Waals surface area contributed by atoms with Gasteiger partial charge in [-0.1, -0.05) is 30.3 Å². The van der Waals surface area contributed by atoms with Crippen LogP contribution in [0.5, 0.6) is 0 Å². The Kier molecular flexibility index (Phi) is 6.57. The van der Waals surface area contributed by atoms with Crippen LogP contribution in [0, 0.1) is 0 Å². The molecular formula is C22H24N3O2S+. The molecule has 0 spiro atoms. The number of quaternary nitrogens is 1. The van der Waals surface area contributed by atoms with Gasteiger partial charge in [-0.3, -0.25) is 9.59 Å². The van der Waals surface area contributed by atoms with E-state index in [9.17, 15) is 9.59 Å². The van der Waals surface area contributed by atoms with E-state index in [2.05, 4.69) is 30.8 Å². The Morgan fingerprint density at radius 1 is 0.893 bits per heavy atom. The fraction of sp³-hybridized carbons (Fsp3) is 0.182. The molecule has 0 aliphatic heterocycles. The quantitative estimate of drug-likeness (QED) is 0.577. The van der Waals surface area contributed by atoms with E-state index in [1.54, 1.807) is 30.3 Å². The summed E-state index contributed by atoms with van der Waals surface area (Å²) in [6, 6.07) is 18.7. The SMILES string of the molecule is C[NH+](C)Cc1ccccc1CNC(=O)c1ccc(NC(=O)c2cccs2)cc1. The van der Waals surface area contributed by atoms with Crippen LogP contribution in [0.2, 0.25) is 0 Å². The number of benzene rings is 2. The van der Waals surface area contributed by atoms with Gasteiger partial charge in [-0.15, -0.1) is 11.3 Å². The van der Waals surface area contributed by atoms with Gasteiger partial charge in [-0.25, -0.2) is 0 Å². The van der Waals surface area contributed by atoms with Crippen molar-refractivity contribution in [1.82, 2.24) is 5.32 Å². The van der Waals surface area contributed by atoms with Crippen molar-refractivity contribution in [3.63, 3.8) is 0 Å². The summed E-state index contributed by atoms with van der Waals surface area (Å²) in [7, 11) is 4.21. The van der Waals surface area contributed by atoms with Crippen molar-refractivity contribution < 1.29 is 14.5 Å². The summed E-state index contributed by atoms with van der Waals surface area (Å²) in [5.74, 6) is -0.282. The predicted molar refractivity (Wildman–Crippen MR) is 113 cm³/mol. The molecule has 0 fully saturated rings. The van der Waals surface area contributed by atoms with E-state index in [1.807, 2.05) is 29.6 Å². The smallest absolute Gasteiger partial charge is 0.265 e. The zero-order valence-electron chi connectivity index (χ0n) is 16.0. The summed E-state index contributed by atoms with van der Waals surface area (Å²) in [5, 5.41) is 7.67. The van der Waals surface area contributed by atoms with Gasteiger partial charge < -0.3 is 15.5 Å². The molecule has 144 valence electrons. The van der Waals surface area contributed by atoms with E-state index in [1.165, 1.54) is 21.8 Å². The van der Waals surface area contributed by atoms with Crippen molar-refractivity contribution in [3.8, 4) is 0 Å². The number of hydrogen-bond acceptors (Lipinski definition) is 3. The fourth-order valence-corrected chi connectivity index (χ4v) is 3.49. The second kappa shape index (κ2) is 9.30. The minimum absolute atomic E-state index is 0.136. The number of nitrogens with one attached hydrogen (secondary N) is 3. The predicted octanol–water partition coefficient (Wildman–Crippen LogP) is 2.57. The molecule has 0 unspecified atom stereocenters. The van der Waals surface area contributed by atoms with Gasteiger partial charge in [-0.05, 0) is 41.3 Å². The van der Waals surface area contributed by atoms with Crippen LogP contribution in [0.3, 0.4) is 0 Å². The van der Waals surface area contributed by atoms with Crippen molar-refractivity contribution in [1.29, 1.82) is 0 Å². The summed E-state index contributed by atoms with van der Waals surface area (Å²) in [5.41, 5.74) is 3.57. The Labute approximate surface area is 169 Å². The molecular weight excluding hydrogens is 370 g/mol. The van der Waals surface area contributed by atoms with E-state index in [4.69, 9.17) is 0 Å². The first-order valence-electron chi connectivity index (χ1n) is 9.12. The molecule has 0 saturated heterocycles. The Bertz CT molecular complexity index is 935. The van der Waals surface area contributed by atoms with Gasteiger partial charge >= 0.3 is 0 Å². The van der Waals surface area contributed by atoms with Crippen molar-refractivity contribution in [3.05, 3.63) is 87.6 Å². The lowest BCUT2D eigenvalue weighted by atomic mass is 10.1. The molecule has 2 amide bonds. The maximum atomic E-state index is 12.5. The van der Waals surface area contributed by atoms with E-state index >= 15 is 0 Å². The number of carbonyl (C=O) groups is 2.